The summed E-state index contributed by atoms with van der Waals surface area (Å²) in [5.41, 5.74) is 0. The van der Waals surface area contributed by atoms with Gasteiger partial charge in [0.15, 0.2) is 0 Å². The first-order chi connectivity index (χ1) is 12.9. The Morgan fingerprint density at radius 1 is 1.00 bits per heavy atom. The van der Waals surface area contributed by atoms with Gasteiger partial charge in [-0.15, -0.1) is 0 Å². The van der Waals surface area contributed by atoms with E-state index in [1.165, 1.54) is 10.4 Å². The lowest BCUT2D eigenvalue weighted by Crippen LogP contribution is -2.66. The molecule has 0 radical (unpaired) electrons. The van der Waals surface area contributed by atoms with Crippen molar-refractivity contribution in [1.82, 2.24) is 0 Å². The Hall–Kier alpha value is -1.95. The molecule has 2 atom stereocenters. The van der Waals surface area contributed by atoms with Gasteiger partial charge < -0.3 is 14.3 Å². The highest BCUT2D eigenvalue weighted by atomic mass is 28.4. The molecule has 27 heavy (non-hydrogen) atoms. The van der Waals surface area contributed by atoms with Crippen LogP contribution in [0.15, 0.2) is 60.7 Å². The molecule has 0 aliphatic heterocycles. The van der Waals surface area contributed by atoms with Gasteiger partial charge in [-0.2, -0.15) is 0 Å². The van der Waals surface area contributed by atoms with Crippen LogP contribution in [-0.2, 0) is 14.0 Å². The standard InChI is InChI=1S/C22H28O4Si/c1-22(2,3)27(17-10-6-4-7-11-17,18-12-8-5-9-13-18)26-15-14-25-20-16-19(20)21(23)24/h4-13,19-20H,14-16H2,1-3H3,(H,23,24). The lowest BCUT2D eigenvalue weighted by atomic mass is 10.2. The molecule has 0 heterocycles. The second kappa shape index (κ2) is 7.96. The SMILES string of the molecule is CC(C)(C)[Si](OCCOC1CC1C(=O)O)(c1ccccc1)c1ccccc1. The van der Waals surface area contributed by atoms with Crippen LogP contribution in [-0.4, -0.2) is 38.7 Å². The number of carbonyl (C=O) groups is 1. The summed E-state index contributed by atoms with van der Waals surface area (Å²) in [7, 11) is -2.54. The molecule has 3 rings (SSSR count). The number of ether oxygens (including phenoxy) is 1. The highest BCUT2D eigenvalue weighted by Gasteiger charge is 2.50. The van der Waals surface area contributed by atoms with Crippen molar-refractivity contribution in [3.63, 3.8) is 0 Å². The number of hydrogen-bond donors (Lipinski definition) is 1. The number of aliphatic carboxylic acids is 1. The van der Waals surface area contributed by atoms with Gasteiger partial charge in [-0.1, -0.05) is 81.4 Å². The van der Waals surface area contributed by atoms with Crippen molar-refractivity contribution in [3.8, 4) is 0 Å². The molecule has 1 fully saturated rings. The average Bonchev–Trinajstić information content (AvgIpc) is 3.42. The number of carboxylic acids is 1. The molecule has 2 aromatic carbocycles. The molecule has 1 N–H and O–H groups in total. The van der Waals surface area contributed by atoms with Crippen LogP contribution in [0.4, 0.5) is 0 Å². The molecule has 0 aromatic heterocycles. The summed E-state index contributed by atoms with van der Waals surface area (Å²) in [6.07, 6.45) is 0.444. The zero-order valence-corrected chi connectivity index (χ0v) is 17.2. The fraction of sp³-hybridized carbons (Fsp3) is 0.409. The number of hydrogen-bond acceptors (Lipinski definition) is 3. The van der Waals surface area contributed by atoms with Crippen LogP contribution >= 0.6 is 0 Å². The van der Waals surface area contributed by atoms with E-state index in [0.717, 1.165) is 0 Å². The Balaban J connectivity index is 1.82. The molecule has 0 bridgehead atoms. The van der Waals surface area contributed by atoms with Crippen LogP contribution in [0.2, 0.25) is 5.04 Å². The van der Waals surface area contributed by atoms with Gasteiger partial charge in [0.05, 0.1) is 25.2 Å². The smallest absolute Gasteiger partial charge is 0.309 e. The maximum atomic E-state index is 11.0. The molecule has 0 amide bonds. The van der Waals surface area contributed by atoms with Crippen LogP contribution in [0.1, 0.15) is 27.2 Å². The lowest BCUT2D eigenvalue weighted by Gasteiger charge is -2.43. The van der Waals surface area contributed by atoms with Gasteiger partial charge in [0.2, 0.25) is 0 Å². The van der Waals surface area contributed by atoms with E-state index in [-0.39, 0.29) is 17.1 Å². The van der Waals surface area contributed by atoms with Crippen LogP contribution in [0.25, 0.3) is 0 Å². The van der Waals surface area contributed by atoms with Gasteiger partial charge in [-0.05, 0) is 21.8 Å². The number of benzene rings is 2. The zero-order valence-electron chi connectivity index (χ0n) is 16.2. The molecule has 0 saturated heterocycles. The maximum absolute atomic E-state index is 11.0. The fourth-order valence-corrected chi connectivity index (χ4v) is 8.32. The van der Waals surface area contributed by atoms with E-state index in [2.05, 4.69) is 69.3 Å². The Morgan fingerprint density at radius 2 is 1.52 bits per heavy atom. The summed E-state index contributed by atoms with van der Waals surface area (Å²) in [5.74, 6) is -1.12. The van der Waals surface area contributed by atoms with Crippen LogP contribution < -0.4 is 10.4 Å². The maximum Gasteiger partial charge on any atom is 0.309 e. The second-order valence-corrected chi connectivity index (χ2v) is 12.4. The predicted molar refractivity (Wildman–Crippen MR) is 109 cm³/mol. The normalized spacial score (nSPS) is 19.7. The summed E-state index contributed by atoms with van der Waals surface area (Å²) in [6, 6.07) is 20.9. The minimum Gasteiger partial charge on any atom is -0.481 e. The average molecular weight is 385 g/mol. The summed E-state index contributed by atoms with van der Waals surface area (Å²) < 4.78 is 12.4. The van der Waals surface area contributed by atoms with E-state index < -0.39 is 14.3 Å². The molecule has 0 spiro atoms. The predicted octanol–water partition coefficient (Wildman–Crippen LogP) is 3.05. The van der Waals surface area contributed by atoms with Crippen LogP contribution in [0.3, 0.4) is 0 Å². The molecule has 5 heteroatoms. The van der Waals surface area contributed by atoms with Crippen molar-refractivity contribution < 1.29 is 19.1 Å². The van der Waals surface area contributed by atoms with Crippen LogP contribution in [0.5, 0.6) is 0 Å². The van der Waals surface area contributed by atoms with Gasteiger partial charge in [0, 0.05) is 0 Å². The number of rotatable bonds is 8. The molecule has 4 nitrogen and oxygen atoms in total. The van der Waals surface area contributed by atoms with Gasteiger partial charge in [-0.25, -0.2) is 0 Å². The summed E-state index contributed by atoms with van der Waals surface area (Å²) in [4.78, 5) is 11.0. The van der Waals surface area contributed by atoms with Gasteiger partial charge in [0.25, 0.3) is 8.32 Å². The van der Waals surface area contributed by atoms with E-state index in [4.69, 9.17) is 14.3 Å². The first-order valence-electron chi connectivity index (χ1n) is 9.45. The minimum atomic E-state index is -2.54. The first-order valence-corrected chi connectivity index (χ1v) is 11.4. The topological polar surface area (TPSA) is 55.8 Å². The van der Waals surface area contributed by atoms with Crippen molar-refractivity contribution in [1.29, 1.82) is 0 Å². The lowest BCUT2D eigenvalue weighted by molar-refractivity contribution is -0.139. The molecule has 2 aromatic rings. The van der Waals surface area contributed by atoms with Gasteiger partial charge >= 0.3 is 5.97 Å². The molecule has 1 saturated carbocycles. The van der Waals surface area contributed by atoms with Crippen molar-refractivity contribution in [3.05, 3.63) is 60.7 Å². The number of carboxylic acid groups (broad SMARTS) is 1. The Morgan fingerprint density at radius 3 is 1.93 bits per heavy atom. The van der Waals surface area contributed by atoms with Gasteiger partial charge in [-0.3, -0.25) is 4.79 Å². The molecular weight excluding hydrogens is 356 g/mol. The molecule has 2 unspecified atom stereocenters. The van der Waals surface area contributed by atoms with Crippen molar-refractivity contribution in [2.24, 2.45) is 5.92 Å². The van der Waals surface area contributed by atoms with Crippen molar-refractivity contribution in [2.45, 2.75) is 38.3 Å². The third-order valence-electron chi connectivity index (χ3n) is 5.20. The highest BCUT2D eigenvalue weighted by Crippen LogP contribution is 2.37. The monoisotopic (exact) mass is 384 g/mol. The fourth-order valence-electron chi connectivity index (χ4n) is 3.77. The van der Waals surface area contributed by atoms with Crippen molar-refractivity contribution >= 4 is 24.7 Å². The Kier molecular flexibility index (Phi) is 5.84. The van der Waals surface area contributed by atoms with E-state index in [0.29, 0.717) is 19.6 Å². The van der Waals surface area contributed by atoms with E-state index >= 15 is 0 Å². The third-order valence-corrected chi connectivity index (χ3v) is 10.2. The van der Waals surface area contributed by atoms with E-state index in [1.54, 1.807) is 0 Å². The highest BCUT2D eigenvalue weighted by molar-refractivity contribution is 6.99. The zero-order chi connectivity index (χ0) is 19.5. The summed E-state index contributed by atoms with van der Waals surface area (Å²) >= 11 is 0. The Labute approximate surface area is 162 Å². The van der Waals surface area contributed by atoms with E-state index in [9.17, 15) is 4.79 Å². The summed E-state index contributed by atoms with van der Waals surface area (Å²) in [6.45, 7) is 7.58. The molecule has 1 aliphatic carbocycles. The van der Waals surface area contributed by atoms with Crippen molar-refractivity contribution in [2.75, 3.05) is 13.2 Å². The quantitative estimate of drug-likeness (QED) is 0.561. The second-order valence-electron chi connectivity index (χ2n) is 8.10. The van der Waals surface area contributed by atoms with Gasteiger partial charge in [0.1, 0.15) is 0 Å². The largest absolute Gasteiger partial charge is 0.481 e. The molecule has 1 aliphatic rings. The minimum absolute atomic E-state index is 0.0705. The Bertz CT molecular complexity index is 715. The summed E-state index contributed by atoms with van der Waals surface area (Å²) in [5, 5.41) is 11.4. The third kappa shape index (κ3) is 4.15. The first kappa shape index (κ1) is 19.8. The molecule has 144 valence electrons. The molecular formula is C22H28O4Si. The van der Waals surface area contributed by atoms with E-state index in [1.807, 2.05) is 12.1 Å². The van der Waals surface area contributed by atoms with Crippen LogP contribution in [0, 0.1) is 5.92 Å².